The molecule has 0 unspecified atom stereocenters. The molecule has 0 radical (unpaired) electrons. The van der Waals surface area contributed by atoms with Crippen LogP contribution < -0.4 is 21.7 Å². The van der Waals surface area contributed by atoms with Crippen molar-refractivity contribution in [1.82, 2.24) is 30.0 Å². The molecule has 0 aliphatic heterocycles. The minimum Gasteiger partial charge on any atom is -0.368 e. The summed E-state index contributed by atoms with van der Waals surface area (Å²) in [7, 11) is 0. The Morgan fingerprint density at radius 1 is 1.20 bits per heavy atom. The highest BCUT2D eigenvalue weighted by molar-refractivity contribution is 5.80. The van der Waals surface area contributed by atoms with E-state index in [4.69, 9.17) is 5.73 Å². The van der Waals surface area contributed by atoms with Crippen LogP contribution in [-0.4, -0.2) is 49.9 Å². The van der Waals surface area contributed by atoms with Crippen molar-refractivity contribution >= 4 is 29.3 Å². The zero-order chi connectivity index (χ0) is 21.7. The second kappa shape index (κ2) is 8.59. The van der Waals surface area contributed by atoms with Crippen LogP contribution in [0.4, 0.5) is 41.0 Å². The van der Waals surface area contributed by atoms with E-state index in [1.54, 1.807) is 5.32 Å². The third-order valence-corrected chi connectivity index (χ3v) is 3.52. The third-order valence-electron chi connectivity index (χ3n) is 3.52. The van der Waals surface area contributed by atoms with Crippen molar-refractivity contribution in [2.75, 3.05) is 29.5 Å². The molecule has 2 aromatic heterocycles. The second-order valence-electron chi connectivity index (χ2n) is 5.84. The molecule has 30 heavy (non-hydrogen) atoms. The van der Waals surface area contributed by atoms with Crippen LogP contribution in [0.25, 0.3) is 5.82 Å². The van der Waals surface area contributed by atoms with E-state index in [1.807, 2.05) is 0 Å². The Kier molecular flexibility index (Phi) is 5.94. The maximum absolute atomic E-state index is 13.0. The number of alkyl halides is 3. The highest BCUT2D eigenvalue weighted by Crippen LogP contribution is 2.18. The predicted molar refractivity (Wildman–Crippen MR) is 105 cm³/mol. The molecule has 0 saturated heterocycles. The summed E-state index contributed by atoms with van der Waals surface area (Å²) in [5.74, 6) is -0.804. The number of carbonyl (C=O) groups excluding carboxylic acids is 1. The average molecular weight is 431 g/mol. The van der Waals surface area contributed by atoms with Gasteiger partial charge >= 0.3 is 6.18 Å². The topological polar surface area (TPSA) is 136 Å². The van der Waals surface area contributed by atoms with E-state index in [-0.39, 0.29) is 27.8 Å². The monoisotopic (exact) mass is 431 g/mol. The summed E-state index contributed by atoms with van der Waals surface area (Å²) in [6, 6.07) is 6.88. The number of nitrogens with one attached hydrogen (secondary N) is 3. The van der Waals surface area contributed by atoms with Crippen molar-refractivity contribution in [3.8, 4) is 5.82 Å². The zero-order valence-corrected chi connectivity index (χ0v) is 15.1. The number of amides is 1. The van der Waals surface area contributed by atoms with Crippen LogP contribution in [0.5, 0.6) is 0 Å². The molecule has 10 nitrogen and oxygen atoms in total. The number of hydrogen-bond donors (Lipinski definition) is 4. The summed E-state index contributed by atoms with van der Waals surface area (Å²) < 4.78 is 50.5. The van der Waals surface area contributed by atoms with Crippen LogP contribution in [0.1, 0.15) is 4.28 Å². The van der Waals surface area contributed by atoms with Crippen molar-refractivity contribution in [2.45, 2.75) is 6.18 Å². The molecule has 0 saturated carbocycles. The van der Waals surface area contributed by atoms with Gasteiger partial charge < -0.3 is 21.7 Å². The fourth-order valence-corrected chi connectivity index (χ4v) is 2.20. The highest BCUT2D eigenvalue weighted by Gasteiger charge is 2.27. The summed E-state index contributed by atoms with van der Waals surface area (Å²) in [5, 5.41) is 11.3. The molecule has 0 spiro atoms. The molecule has 1 amide bonds. The minimum atomic E-state index is -4.50. The van der Waals surface area contributed by atoms with Crippen LogP contribution in [0.2, 0.25) is 0 Å². The molecule has 3 rings (SSSR count). The molecule has 0 atom stereocenters. The summed E-state index contributed by atoms with van der Waals surface area (Å²) >= 11 is 0. The van der Waals surface area contributed by atoms with E-state index >= 15 is 0 Å². The molecule has 0 aliphatic carbocycles. The Morgan fingerprint density at radius 3 is 2.63 bits per heavy atom. The van der Waals surface area contributed by atoms with Crippen LogP contribution in [-0.2, 0) is 4.79 Å². The number of anilines is 4. The summed E-state index contributed by atoms with van der Waals surface area (Å²) in [6.45, 7) is -1.86. The number of nitrogens with zero attached hydrogens (tertiary/aromatic N) is 5. The Balaban J connectivity index is 0.00000341. The number of carbonyl (C=O) groups is 1. The van der Waals surface area contributed by atoms with Gasteiger partial charge in [0, 0.05) is 16.0 Å². The van der Waals surface area contributed by atoms with E-state index < -0.39 is 31.0 Å². The maximum atomic E-state index is 13.0. The first kappa shape index (κ1) is 20.8. The molecular formula is C16H21F4N9O. The highest BCUT2D eigenvalue weighted by atomic mass is 19.4. The molecule has 0 fully saturated rings. The summed E-state index contributed by atoms with van der Waals surface area (Å²) in [6.07, 6.45) is -3.35. The second-order valence-corrected chi connectivity index (χ2v) is 5.84. The smallest absolute Gasteiger partial charge is 0.368 e. The Hall–Kier alpha value is -3.97. The molecule has 164 valence electrons. The van der Waals surface area contributed by atoms with Gasteiger partial charge in [-0.05, 0) is 24.3 Å². The molecule has 2 heterocycles. The van der Waals surface area contributed by atoms with Crippen molar-refractivity contribution in [3.05, 3.63) is 42.5 Å². The lowest BCUT2D eigenvalue weighted by atomic mass is 10.3. The van der Waals surface area contributed by atoms with Crippen molar-refractivity contribution < 1.29 is 26.6 Å². The quantitative estimate of drug-likeness (QED) is 0.419. The van der Waals surface area contributed by atoms with Gasteiger partial charge in [-0.25, -0.2) is 14.4 Å². The first-order chi connectivity index (χ1) is 14.2. The van der Waals surface area contributed by atoms with Crippen molar-refractivity contribution in [2.24, 2.45) is 0 Å². The average Bonchev–Trinajstić information content (AvgIpc) is 3.06. The zero-order valence-electron chi connectivity index (χ0n) is 15.1. The van der Waals surface area contributed by atoms with Crippen LogP contribution in [0.15, 0.2) is 36.7 Å². The van der Waals surface area contributed by atoms with Crippen LogP contribution in [0.3, 0.4) is 0 Å². The largest absolute Gasteiger partial charge is 0.405 e. The molecular weight excluding hydrogens is 410 g/mol. The number of aromatic nitrogens is 5. The van der Waals surface area contributed by atoms with Gasteiger partial charge in [0.05, 0.1) is 6.54 Å². The van der Waals surface area contributed by atoms with E-state index in [1.165, 1.54) is 35.0 Å². The van der Waals surface area contributed by atoms with Crippen molar-refractivity contribution in [3.63, 3.8) is 0 Å². The summed E-state index contributed by atoms with van der Waals surface area (Å²) in [5.41, 5.74) is 6.37. The van der Waals surface area contributed by atoms with Crippen LogP contribution in [0, 0.1) is 5.82 Å². The van der Waals surface area contributed by atoms with Gasteiger partial charge in [0.2, 0.25) is 17.8 Å². The predicted octanol–water partition coefficient (Wildman–Crippen LogP) is 2.35. The van der Waals surface area contributed by atoms with Crippen LogP contribution >= 0.6 is 0 Å². The number of nitrogen functional groups attached to an aromatic ring is 1. The number of benzene rings is 1. The summed E-state index contributed by atoms with van der Waals surface area (Å²) in [4.78, 5) is 23.4. The van der Waals surface area contributed by atoms with E-state index in [0.29, 0.717) is 5.69 Å². The van der Waals surface area contributed by atoms with E-state index in [2.05, 4.69) is 30.7 Å². The Labute approximate surface area is 171 Å². The lowest BCUT2D eigenvalue weighted by Crippen LogP contribution is -2.37. The van der Waals surface area contributed by atoms with E-state index in [9.17, 15) is 22.4 Å². The first-order valence-electron chi connectivity index (χ1n) is 8.34. The van der Waals surface area contributed by atoms with Crippen molar-refractivity contribution in [1.29, 1.82) is 0 Å². The fourth-order valence-electron chi connectivity index (χ4n) is 2.20. The molecule has 0 aliphatic rings. The Morgan fingerprint density at radius 2 is 1.93 bits per heavy atom. The molecule has 3 aromatic rings. The van der Waals surface area contributed by atoms with Gasteiger partial charge in [-0.1, -0.05) is 0 Å². The molecule has 1 aromatic carbocycles. The maximum Gasteiger partial charge on any atom is 0.405 e. The molecule has 5 N–H and O–H groups in total. The minimum absolute atomic E-state index is 0. The lowest BCUT2D eigenvalue weighted by molar-refractivity contribution is -0.137. The van der Waals surface area contributed by atoms with Gasteiger partial charge in [0.15, 0.2) is 5.82 Å². The normalized spacial score (nSPS) is 11.2. The lowest BCUT2D eigenvalue weighted by Gasteiger charge is -2.09. The van der Waals surface area contributed by atoms with Gasteiger partial charge in [-0.15, -0.1) is 5.10 Å². The number of halogens is 4. The van der Waals surface area contributed by atoms with Gasteiger partial charge in [0.1, 0.15) is 24.5 Å². The SMILES string of the molecule is Nc1nc(Nc2ccc(F)cc2)nn1-c1cc(NCC(=O)NCC(F)(F)F)ncn1.[HH].[HH].[HH]. The molecule has 0 bridgehead atoms. The first-order valence-corrected chi connectivity index (χ1v) is 8.34. The molecule has 14 heteroatoms. The van der Waals surface area contributed by atoms with Gasteiger partial charge in [-0.3, -0.25) is 4.79 Å². The number of rotatable bonds is 7. The van der Waals surface area contributed by atoms with E-state index in [0.717, 1.165) is 6.33 Å². The fraction of sp³-hybridized carbons (Fsp3) is 0.188. The van der Waals surface area contributed by atoms with Gasteiger partial charge in [0.25, 0.3) is 0 Å². The number of nitrogens with two attached hydrogens (primary N) is 1. The third kappa shape index (κ3) is 5.76. The Bertz CT molecular complexity index is 1030. The standard InChI is InChI=1S/C16H15F4N9O.3H2/c17-9-1-3-10(4-2-9)26-15-27-14(21)29(28-15)12-5-11(24-8-25-12)22-6-13(30)23-7-16(18,19)20;;;/h1-5,8H,6-7H2,(H,23,30)(H,22,24,25)(H3,21,26,27,28);3*1H. The number of hydrogen-bond acceptors (Lipinski definition) is 8. The van der Waals surface area contributed by atoms with Gasteiger partial charge in [-0.2, -0.15) is 22.8 Å².